The highest BCUT2D eigenvalue weighted by molar-refractivity contribution is 6.03. The van der Waals surface area contributed by atoms with Crippen molar-refractivity contribution in [1.82, 2.24) is 10.3 Å². The van der Waals surface area contributed by atoms with Crippen LogP contribution >= 0.6 is 0 Å². The molecule has 1 atom stereocenters. The van der Waals surface area contributed by atoms with Crippen LogP contribution in [-0.2, 0) is 22.4 Å². The fraction of sp³-hybridized carbons (Fsp3) is 0.292. The Morgan fingerprint density at radius 3 is 2.72 bits per heavy atom. The maximum absolute atomic E-state index is 12.4. The van der Waals surface area contributed by atoms with Gasteiger partial charge in [0.05, 0.1) is 17.1 Å². The van der Waals surface area contributed by atoms with Gasteiger partial charge in [0.2, 0.25) is 0 Å². The fourth-order valence-corrected chi connectivity index (χ4v) is 3.87. The van der Waals surface area contributed by atoms with Gasteiger partial charge in [-0.2, -0.15) is 0 Å². The number of carbonyl (C=O) groups is 2. The molecule has 1 aliphatic rings. The summed E-state index contributed by atoms with van der Waals surface area (Å²) in [6.45, 7) is 1.62. The maximum Gasteiger partial charge on any atom is 0.340 e. The Balaban J connectivity index is 1.36. The lowest BCUT2D eigenvalue weighted by atomic mass is 9.89. The van der Waals surface area contributed by atoms with Gasteiger partial charge in [-0.25, -0.2) is 4.79 Å². The number of carbonyl (C=O) groups excluding carboxylic acids is 2. The molecule has 2 aromatic carbocycles. The summed E-state index contributed by atoms with van der Waals surface area (Å²) in [6.07, 6.45) is 6.33. The first-order chi connectivity index (χ1) is 14.1. The first kappa shape index (κ1) is 19.1. The predicted octanol–water partition coefficient (Wildman–Crippen LogP) is 4.15. The lowest BCUT2D eigenvalue weighted by molar-refractivity contribution is -0.124. The van der Waals surface area contributed by atoms with Crippen molar-refractivity contribution >= 4 is 22.8 Å². The van der Waals surface area contributed by atoms with Crippen LogP contribution in [0.2, 0.25) is 0 Å². The first-order valence-corrected chi connectivity index (χ1v) is 10.0. The van der Waals surface area contributed by atoms with E-state index >= 15 is 0 Å². The van der Waals surface area contributed by atoms with Crippen LogP contribution in [0.3, 0.4) is 0 Å². The van der Waals surface area contributed by atoms with Crippen molar-refractivity contribution in [3.63, 3.8) is 0 Å². The van der Waals surface area contributed by atoms with Crippen LogP contribution in [0.5, 0.6) is 0 Å². The van der Waals surface area contributed by atoms with Crippen LogP contribution in [0.1, 0.15) is 52.9 Å². The standard InChI is InChI=1S/C24H24N2O3/c1-16(19-12-11-17-6-2-3-7-20(17)14-19)26-22(27)15-29-24(28)21-10-4-8-18-9-5-13-25-23(18)21/h4-5,8-14,16H,2-3,6-7,15H2,1H3,(H,26,27)/t16-/m1/s1. The van der Waals surface area contributed by atoms with Crippen LogP contribution < -0.4 is 5.32 Å². The van der Waals surface area contributed by atoms with E-state index < -0.39 is 5.97 Å². The molecule has 29 heavy (non-hydrogen) atoms. The molecule has 1 aliphatic carbocycles. The number of amides is 1. The Bertz CT molecular complexity index is 1060. The molecular formula is C24H24N2O3. The van der Waals surface area contributed by atoms with Crippen LogP contribution in [0, 0.1) is 0 Å². The molecule has 1 aromatic heterocycles. The highest BCUT2D eigenvalue weighted by atomic mass is 16.5. The zero-order chi connectivity index (χ0) is 20.2. The molecule has 5 heteroatoms. The summed E-state index contributed by atoms with van der Waals surface area (Å²) in [5, 5.41) is 3.77. The Hall–Kier alpha value is -3.21. The number of pyridine rings is 1. The molecule has 0 saturated carbocycles. The van der Waals surface area contributed by atoms with E-state index in [4.69, 9.17) is 4.74 Å². The second kappa shape index (κ2) is 8.43. The van der Waals surface area contributed by atoms with Gasteiger partial charge in [-0.1, -0.05) is 36.4 Å². The van der Waals surface area contributed by atoms with E-state index in [1.807, 2.05) is 25.1 Å². The molecular weight excluding hydrogens is 364 g/mol. The van der Waals surface area contributed by atoms with Gasteiger partial charge in [0.15, 0.2) is 6.61 Å². The van der Waals surface area contributed by atoms with Crippen molar-refractivity contribution in [2.24, 2.45) is 0 Å². The number of aryl methyl sites for hydroxylation is 2. The number of esters is 1. The number of para-hydroxylation sites is 1. The minimum Gasteiger partial charge on any atom is -0.452 e. The molecule has 0 bridgehead atoms. The summed E-state index contributed by atoms with van der Waals surface area (Å²) in [5.74, 6) is -0.873. The number of benzene rings is 2. The molecule has 1 amide bonds. The molecule has 0 radical (unpaired) electrons. The Labute approximate surface area is 170 Å². The largest absolute Gasteiger partial charge is 0.452 e. The Morgan fingerprint density at radius 2 is 1.86 bits per heavy atom. The van der Waals surface area contributed by atoms with E-state index in [2.05, 4.69) is 28.5 Å². The fourth-order valence-electron chi connectivity index (χ4n) is 3.87. The van der Waals surface area contributed by atoms with Crippen molar-refractivity contribution in [3.8, 4) is 0 Å². The van der Waals surface area contributed by atoms with Crippen LogP contribution in [-0.4, -0.2) is 23.5 Å². The second-order valence-corrected chi connectivity index (χ2v) is 7.48. The third-order valence-corrected chi connectivity index (χ3v) is 5.44. The molecule has 5 nitrogen and oxygen atoms in total. The molecule has 148 valence electrons. The summed E-state index contributed by atoms with van der Waals surface area (Å²) in [7, 11) is 0. The van der Waals surface area contributed by atoms with E-state index in [9.17, 15) is 9.59 Å². The van der Waals surface area contributed by atoms with Crippen LogP contribution in [0.25, 0.3) is 10.9 Å². The number of hydrogen-bond acceptors (Lipinski definition) is 4. The van der Waals surface area contributed by atoms with Gasteiger partial charge in [-0.3, -0.25) is 9.78 Å². The van der Waals surface area contributed by atoms with Gasteiger partial charge < -0.3 is 10.1 Å². The molecule has 4 rings (SSSR count). The molecule has 0 fully saturated rings. The van der Waals surface area contributed by atoms with Crippen molar-refractivity contribution in [3.05, 3.63) is 77.0 Å². The quantitative estimate of drug-likeness (QED) is 0.667. The zero-order valence-corrected chi connectivity index (χ0v) is 16.5. The number of hydrogen-bond donors (Lipinski definition) is 1. The van der Waals surface area contributed by atoms with Gasteiger partial charge >= 0.3 is 5.97 Å². The van der Waals surface area contributed by atoms with Crippen LogP contribution in [0.15, 0.2) is 54.7 Å². The van der Waals surface area contributed by atoms with Crippen molar-refractivity contribution in [1.29, 1.82) is 0 Å². The third-order valence-electron chi connectivity index (χ3n) is 5.44. The normalized spacial score (nSPS) is 14.1. The van der Waals surface area contributed by atoms with E-state index in [-0.39, 0.29) is 18.6 Å². The topological polar surface area (TPSA) is 68.3 Å². The Morgan fingerprint density at radius 1 is 1.07 bits per heavy atom. The number of aromatic nitrogens is 1. The zero-order valence-electron chi connectivity index (χ0n) is 16.5. The molecule has 1 heterocycles. The van der Waals surface area contributed by atoms with E-state index in [0.29, 0.717) is 11.1 Å². The molecule has 1 N–H and O–H groups in total. The molecule has 0 spiro atoms. The van der Waals surface area contributed by atoms with E-state index in [1.165, 1.54) is 24.0 Å². The lowest BCUT2D eigenvalue weighted by Crippen LogP contribution is -2.31. The second-order valence-electron chi connectivity index (χ2n) is 7.48. The van der Waals surface area contributed by atoms with E-state index in [0.717, 1.165) is 23.8 Å². The SMILES string of the molecule is C[C@@H](NC(=O)COC(=O)c1cccc2cccnc12)c1ccc2c(c1)CCCC2. The molecule has 3 aromatic rings. The van der Waals surface area contributed by atoms with Crippen molar-refractivity contribution in [2.75, 3.05) is 6.61 Å². The monoisotopic (exact) mass is 388 g/mol. The summed E-state index contributed by atoms with van der Waals surface area (Å²) in [4.78, 5) is 29.0. The van der Waals surface area contributed by atoms with E-state index in [1.54, 1.807) is 18.3 Å². The average molecular weight is 388 g/mol. The maximum atomic E-state index is 12.4. The average Bonchev–Trinajstić information content (AvgIpc) is 2.76. The van der Waals surface area contributed by atoms with Gasteiger partial charge in [-0.15, -0.1) is 0 Å². The lowest BCUT2D eigenvalue weighted by Gasteiger charge is -2.20. The number of nitrogens with one attached hydrogen (secondary N) is 1. The number of ether oxygens (including phenoxy) is 1. The molecule has 0 unspecified atom stereocenters. The summed E-state index contributed by atoms with van der Waals surface area (Å²) < 4.78 is 5.23. The summed E-state index contributed by atoms with van der Waals surface area (Å²) in [6, 6.07) is 15.3. The predicted molar refractivity (Wildman–Crippen MR) is 112 cm³/mol. The number of rotatable bonds is 5. The summed E-state index contributed by atoms with van der Waals surface area (Å²) in [5.41, 5.74) is 4.80. The smallest absolute Gasteiger partial charge is 0.340 e. The van der Waals surface area contributed by atoms with Gasteiger partial charge in [-0.05, 0) is 61.4 Å². The third kappa shape index (κ3) is 4.29. The molecule has 0 saturated heterocycles. The van der Waals surface area contributed by atoms with Crippen molar-refractivity contribution < 1.29 is 14.3 Å². The van der Waals surface area contributed by atoms with Gasteiger partial charge in [0.25, 0.3) is 5.91 Å². The number of fused-ring (bicyclic) bond motifs is 2. The van der Waals surface area contributed by atoms with Gasteiger partial charge in [0, 0.05) is 11.6 Å². The highest BCUT2D eigenvalue weighted by Gasteiger charge is 2.17. The minimum atomic E-state index is -0.550. The highest BCUT2D eigenvalue weighted by Crippen LogP contribution is 2.24. The van der Waals surface area contributed by atoms with Crippen LogP contribution in [0.4, 0.5) is 0 Å². The molecule has 0 aliphatic heterocycles. The Kier molecular flexibility index (Phi) is 5.56. The van der Waals surface area contributed by atoms with Crippen molar-refractivity contribution in [2.45, 2.75) is 38.6 Å². The number of nitrogens with zero attached hydrogens (tertiary/aromatic N) is 1. The minimum absolute atomic E-state index is 0.146. The van der Waals surface area contributed by atoms with Gasteiger partial charge in [0.1, 0.15) is 0 Å². The first-order valence-electron chi connectivity index (χ1n) is 10.0. The summed E-state index contributed by atoms with van der Waals surface area (Å²) >= 11 is 0.